The second-order valence-electron chi connectivity index (χ2n) is 6.78. The van der Waals surface area contributed by atoms with Crippen molar-refractivity contribution in [2.24, 2.45) is 17.8 Å². The molecule has 1 aliphatic heterocycles. The third kappa shape index (κ3) is 2.12. The van der Waals surface area contributed by atoms with Crippen molar-refractivity contribution in [3.63, 3.8) is 0 Å². The zero-order valence-electron chi connectivity index (χ0n) is 12.7. The molecule has 3 fully saturated rings. The highest BCUT2D eigenvalue weighted by atomic mass is 16.6. The van der Waals surface area contributed by atoms with Gasteiger partial charge in [-0.05, 0) is 32.6 Å². The normalized spacial score (nSPS) is 42.1. The van der Waals surface area contributed by atoms with Gasteiger partial charge >= 0.3 is 11.9 Å². The minimum atomic E-state index is -0.507. The molecule has 0 N–H and O–H groups in total. The Balaban J connectivity index is 1.99. The van der Waals surface area contributed by atoms with E-state index in [1.54, 1.807) is 0 Å². The fraction of sp³-hybridized carbons (Fsp3) is 0.647. The molecule has 5 unspecified atom stereocenters. The van der Waals surface area contributed by atoms with E-state index in [0.29, 0.717) is 5.57 Å². The van der Waals surface area contributed by atoms with E-state index in [9.17, 15) is 9.59 Å². The zero-order valence-corrected chi connectivity index (χ0v) is 12.7. The second kappa shape index (κ2) is 4.72. The quantitative estimate of drug-likeness (QED) is 0.423. The topological polar surface area (TPSA) is 52.6 Å². The summed E-state index contributed by atoms with van der Waals surface area (Å²) in [5, 5.41) is 0. The molecule has 4 heteroatoms. The van der Waals surface area contributed by atoms with Crippen molar-refractivity contribution in [2.45, 2.75) is 51.2 Å². The van der Waals surface area contributed by atoms with E-state index in [4.69, 9.17) is 9.47 Å². The maximum atomic E-state index is 11.9. The van der Waals surface area contributed by atoms with Crippen LogP contribution in [0.3, 0.4) is 0 Å². The lowest BCUT2D eigenvalue weighted by Crippen LogP contribution is -2.42. The summed E-state index contributed by atoms with van der Waals surface area (Å²) < 4.78 is 11.3. The molecule has 0 radical (unpaired) electrons. The van der Waals surface area contributed by atoms with Gasteiger partial charge in [0.25, 0.3) is 0 Å². The number of ether oxygens (including phenoxy) is 2. The monoisotopic (exact) mass is 290 g/mol. The van der Waals surface area contributed by atoms with Crippen LogP contribution in [0.25, 0.3) is 0 Å². The van der Waals surface area contributed by atoms with Gasteiger partial charge < -0.3 is 9.47 Å². The maximum Gasteiger partial charge on any atom is 0.334 e. The Hall–Kier alpha value is -1.58. The molecular weight excluding hydrogens is 268 g/mol. The van der Waals surface area contributed by atoms with E-state index in [0.717, 1.165) is 31.3 Å². The van der Waals surface area contributed by atoms with Crippen LogP contribution in [0.2, 0.25) is 0 Å². The lowest BCUT2D eigenvalue weighted by molar-refractivity contribution is -0.165. The van der Waals surface area contributed by atoms with Gasteiger partial charge in [0.1, 0.15) is 11.7 Å². The van der Waals surface area contributed by atoms with Crippen molar-refractivity contribution >= 4 is 11.9 Å². The predicted molar refractivity (Wildman–Crippen MR) is 77.3 cm³/mol. The average molecular weight is 290 g/mol. The van der Waals surface area contributed by atoms with Gasteiger partial charge in [-0.1, -0.05) is 18.7 Å². The van der Waals surface area contributed by atoms with Gasteiger partial charge in [-0.25, -0.2) is 4.79 Å². The molecule has 5 atom stereocenters. The summed E-state index contributed by atoms with van der Waals surface area (Å²) in [5.74, 6) is -0.263. The van der Waals surface area contributed by atoms with Gasteiger partial charge in [0.05, 0.1) is 0 Å². The molecule has 3 rings (SSSR count). The number of carbonyl (C=O) groups excluding carboxylic acids is 2. The number of hydrogen-bond acceptors (Lipinski definition) is 4. The predicted octanol–water partition coefficient (Wildman–Crippen LogP) is 2.78. The lowest BCUT2D eigenvalue weighted by atomic mass is 9.77. The maximum absolute atomic E-state index is 11.9. The van der Waals surface area contributed by atoms with Gasteiger partial charge in [-0.15, -0.1) is 0 Å². The highest BCUT2D eigenvalue weighted by Gasteiger charge is 2.56. The molecule has 0 aromatic carbocycles. The molecule has 114 valence electrons. The highest BCUT2D eigenvalue weighted by molar-refractivity contribution is 5.91. The molecule has 0 aromatic rings. The molecule has 0 bridgehead atoms. The highest BCUT2D eigenvalue weighted by Crippen LogP contribution is 2.54. The molecule has 2 saturated carbocycles. The number of rotatable bonds is 1. The molecule has 2 aliphatic carbocycles. The van der Waals surface area contributed by atoms with Crippen LogP contribution in [0.4, 0.5) is 0 Å². The van der Waals surface area contributed by atoms with Crippen LogP contribution < -0.4 is 0 Å². The second-order valence-corrected chi connectivity index (χ2v) is 6.78. The van der Waals surface area contributed by atoms with Crippen LogP contribution >= 0.6 is 0 Å². The Morgan fingerprint density at radius 3 is 2.76 bits per heavy atom. The zero-order chi connectivity index (χ0) is 15.4. The minimum absolute atomic E-state index is 0.0252. The third-order valence-corrected chi connectivity index (χ3v) is 5.50. The number of hydrogen-bond donors (Lipinski definition) is 0. The average Bonchev–Trinajstić information content (AvgIpc) is 2.85. The molecule has 0 amide bonds. The summed E-state index contributed by atoms with van der Waals surface area (Å²) in [6, 6.07) is 0. The van der Waals surface area contributed by atoms with E-state index in [1.165, 1.54) is 6.92 Å². The van der Waals surface area contributed by atoms with Crippen LogP contribution in [0.1, 0.15) is 39.5 Å². The minimum Gasteiger partial charge on any atom is -0.459 e. The van der Waals surface area contributed by atoms with E-state index in [-0.39, 0.29) is 35.8 Å². The molecule has 4 nitrogen and oxygen atoms in total. The first-order chi connectivity index (χ1) is 9.83. The molecular formula is C17H22O4. The number of carbonyl (C=O) groups is 2. The van der Waals surface area contributed by atoms with Crippen LogP contribution in [0.15, 0.2) is 24.3 Å². The molecule has 1 heterocycles. The van der Waals surface area contributed by atoms with E-state index < -0.39 is 5.60 Å². The van der Waals surface area contributed by atoms with Crippen molar-refractivity contribution in [1.82, 2.24) is 0 Å². The summed E-state index contributed by atoms with van der Waals surface area (Å²) >= 11 is 0. The van der Waals surface area contributed by atoms with Crippen LogP contribution in [-0.2, 0) is 19.1 Å². The van der Waals surface area contributed by atoms with Crippen LogP contribution in [-0.4, -0.2) is 23.6 Å². The van der Waals surface area contributed by atoms with Crippen molar-refractivity contribution in [3.05, 3.63) is 24.3 Å². The Labute approximate surface area is 125 Å². The lowest BCUT2D eigenvalue weighted by Gasteiger charge is -2.37. The molecule has 1 saturated heterocycles. The standard InChI is InChI=1S/C17H22O4/c1-9-5-6-13-14(9)15-12(10(2)16(19)20-15)7-8-17(13,4)21-11(3)18/h12-15H,1-2,5-8H2,3-4H3. The smallest absolute Gasteiger partial charge is 0.334 e. The molecule has 3 aliphatic rings. The van der Waals surface area contributed by atoms with E-state index in [2.05, 4.69) is 13.2 Å². The number of esters is 2. The van der Waals surface area contributed by atoms with Crippen molar-refractivity contribution in [2.75, 3.05) is 0 Å². The fourth-order valence-electron chi connectivity index (χ4n) is 4.49. The Bertz CT molecular complexity index is 535. The summed E-state index contributed by atoms with van der Waals surface area (Å²) in [6.07, 6.45) is 3.15. The first kappa shape index (κ1) is 14.4. The van der Waals surface area contributed by atoms with Crippen molar-refractivity contribution in [1.29, 1.82) is 0 Å². The Morgan fingerprint density at radius 2 is 2.10 bits per heavy atom. The molecule has 0 aromatic heterocycles. The summed E-state index contributed by atoms with van der Waals surface area (Å²) in [6.45, 7) is 11.5. The SMILES string of the molecule is C=C1C(=O)OC2C1CCC(C)(OC(C)=O)C1CCC(=C)C21. The molecule has 21 heavy (non-hydrogen) atoms. The van der Waals surface area contributed by atoms with Crippen LogP contribution in [0.5, 0.6) is 0 Å². The largest absolute Gasteiger partial charge is 0.459 e. The third-order valence-electron chi connectivity index (χ3n) is 5.50. The number of fused-ring (bicyclic) bond motifs is 3. The van der Waals surface area contributed by atoms with Crippen molar-refractivity contribution < 1.29 is 19.1 Å². The van der Waals surface area contributed by atoms with Gasteiger partial charge in [0.2, 0.25) is 0 Å². The van der Waals surface area contributed by atoms with Gasteiger partial charge in [-0.2, -0.15) is 0 Å². The fourth-order valence-corrected chi connectivity index (χ4v) is 4.49. The van der Waals surface area contributed by atoms with Gasteiger partial charge in [-0.3, -0.25) is 4.79 Å². The van der Waals surface area contributed by atoms with Gasteiger partial charge in [0, 0.05) is 30.3 Å². The summed E-state index contributed by atoms with van der Waals surface area (Å²) in [7, 11) is 0. The Kier molecular flexibility index (Phi) is 3.23. The van der Waals surface area contributed by atoms with E-state index >= 15 is 0 Å². The summed E-state index contributed by atoms with van der Waals surface area (Å²) in [5.41, 5.74) is 1.16. The first-order valence-electron chi connectivity index (χ1n) is 7.60. The first-order valence-corrected chi connectivity index (χ1v) is 7.60. The van der Waals surface area contributed by atoms with Crippen molar-refractivity contribution in [3.8, 4) is 0 Å². The summed E-state index contributed by atoms with van der Waals surface area (Å²) in [4.78, 5) is 23.4. The molecule has 0 spiro atoms. The van der Waals surface area contributed by atoms with Gasteiger partial charge in [0.15, 0.2) is 0 Å². The van der Waals surface area contributed by atoms with Crippen LogP contribution in [0, 0.1) is 17.8 Å². The Morgan fingerprint density at radius 1 is 1.38 bits per heavy atom. The van der Waals surface area contributed by atoms with E-state index in [1.807, 2.05) is 6.92 Å².